The second-order valence-electron chi connectivity index (χ2n) is 9.34. The summed E-state index contributed by atoms with van der Waals surface area (Å²) in [5.41, 5.74) is 4.16. The van der Waals surface area contributed by atoms with Crippen LogP contribution in [0.5, 0.6) is 11.5 Å². The largest absolute Gasteiger partial charge is 0.497 e. The number of rotatable bonds is 8. The molecule has 0 aliphatic heterocycles. The number of hydrogen-bond acceptors (Lipinski definition) is 6. The number of pyridine rings is 1. The van der Waals surface area contributed by atoms with Crippen LogP contribution < -0.4 is 14.8 Å². The van der Waals surface area contributed by atoms with Crippen LogP contribution in [0, 0.1) is 0 Å². The summed E-state index contributed by atoms with van der Waals surface area (Å²) >= 11 is 0. The van der Waals surface area contributed by atoms with Gasteiger partial charge in [0.15, 0.2) is 17.1 Å². The number of aliphatic hydroxyl groups excluding tert-OH is 1. The van der Waals surface area contributed by atoms with Gasteiger partial charge >= 0.3 is 0 Å². The molecule has 1 amide bonds. The van der Waals surface area contributed by atoms with Gasteiger partial charge in [0, 0.05) is 27.9 Å². The van der Waals surface area contributed by atoms with Crippen molar-refractivity contribution in [3.63, 3.8) is 0 Å². The number of fused-ring (bicyclic) bond motifs is 3. The second kappa shape index (κ2) is 10.2. The third-order valence-corrected chi connectivity index (χ3v) is 6.94. The smallest absolute Gasteiger partial charge is 0.252 e. The average molecular weight is 522 g/mol. The number of aromatic nitrogens is 2. The summed E-state index contributed by atoms with van der Waals surface area (Å²) in [5.74, 6) is 1.41. The average Bonchev–Trinajstić information content (AvgIpc) is 3.60. The fraction of sp³-hybridized carbons (Fsp3) is 0.161. The maximum atomic E-state index is 13.7. The molecular formula is C31H27N3O5. The molecule has 6 rings (SSSR count). The zero-order chi connectivity index (χ0) is 26.9. The van der Waals surface area contributed by atoms with Gasteiger partial charge in [0.25, 0.3) is 5.91 Å². The zero-order valence-electron chi connectivity index (χ0n) is 21.5. The van der Waals surface area contributed by atoms with E-state index in [0.717, 1.165) is 21.9 Å². The van der Waals surface area contributed by atoms with Gasteiger partial charge in [0.1, 0.15) is 11.4 Å². The summed E-state index contributed by atoms with van der Waals surface area (Å²) in [6.07, 6.45) is 2.38. The van der Waals surface area contributed by atoms with Gasteiger partial charge in [-0.1, -0.05) is 30.3 Å². The molecule has 1 atom stereocenters. The summed E-state index contributed by atoms with van der Waals surface area (Å²) in [6.45, 7) is -0.214. The van der Waals surface area contributed by atoms with Gasteiger partial charge < -0.3 is 29.3 Å². The number of hydrogen-bond donors (Lipinski definition) is 3. The number of benzene rings is 3. The number of nitrogens with zero attached hydrogens (tertiary/aromatic N) is 1. The van der Waals surface area contributed by atoms with Crippen molar-refractivity contribution in [2.24, 2.45) is 0 Å². The standard InChI is InChI=1S/C31H27N3O5/c1-37-21-10-11-26-23(14-21)24(15-27(34-26)29-13-18-6-5-9-28(38-2)30(18)39-29)31(36)33-20(17-35)12-19-16-32-25-8-4-3-7-22(19)25/h3-11,13-16,20,32,35H,12,17H2,1-2H3,(H,33,36). The van der Waals surface area contributed by atoms with Gasteiger partial charge in [-0.05, 0) is 54.4 Å². The van der Waals surface area contributed by atoms with E-state index in [9.17, 15) is 9.90 Å². The minimum Gasteiger partial charge on any atom is -0.497 e. The summed E-state index contributed by atoms with van der Waals surface area (Å²) in [5, 5.41) is 15.7. The lowest BCUT2D eigenvalue weighted by molar-refractivity contribution is 0.0918. The Morgan fingerprint density at radius 3 is 2.72 bits per heavy atom. The van der Waals surface area contributed by atoms with E-state index < -0.39 is 6.04 Å². The molecule has 0 radical (unpaired) electrons. The maximum Gasteiger partial charge on any atom is 0.252 e. The summed E-state index contributed by atoms with van der Waals surface area (Å²) in [6, 6.07) is 22.1. The summed E-state index contributed by atoms with van der Waals surface area (Å²) in [4.78, 5) is 21.8. The van der Waals surface area contributed by atoms with Crippen molar-refractivity contribution >= 4 is 38.7 Å². The van der Waals surface area contributed by atoms with E-state index in [2.05, 4.69) is 10.3 Å². The number of carbonyl (C=O) groups is 1. The molecule has 0 saturated carbocycles. The molecule has 3 aromatic carbocycles. The van der Waals surface area contributed by atoms with Crippen LogP contribution >= 0.6 is 0 Å². The molecule has 8 nitrogen and oxygen atoms in total. The lowest BCUT2D eigenvalue weighted by Gasteiger charge is -2.17. The zero-order valence-corrected chi connectivity index (χ0v) is 21.5. The number of para-hydroxylation sites is 2. The van der Waals surface area contributed by atoms with Gasteiger partial charge in [-0.3, -0.25) is 4.79 Å². The number of amides is 1. The fourth-order valence-corrected chi connectivity index (χ4v) is 4.96. The highest BCUT2D eigenvalue weighted by molar-refractivity contribution is 6.07. The van der Waals surface area contributed by atoms with Gasteiger partial charge in [-0.25, -0.2) is 4.98 Å². The van der Waals surface area contributed by atoms with E-state index >= 15 is 0 Å². The van der Waals surface area contributed by atoms with Gasteiger partial charge in [-0.15, -0.1) is 0 Å². The lowest BCUT2D eigenvalue weighted by atomic mass is 10.0. The maximum absolute atomic E-state index is 13.7. The molecule has 8 heteroatoms. The molecule has 0 aliphatic rings. The number of carbonyl (C=O) groups excluding carboxylic acids is 1. The first kappa shape index (κ1) is 24.5. The Labute approximate surface area is 224 Å². The number of aliphatic hydroxyl groups is 1. The number of nitrogens with one attached hydrogen (secondary N) is 2. The second-order valence-corrected chi connectivity index (χ2v) is 9.34. The van der Waals surface area contributed by atoms with Crippen LogP contribution in [-0.2, 0) is 6.42 Å². The van der Waals surface area contributed by atoms with E-state index in [4.69, 9.17) is 18.9 Å². The van der Waals surface area contributed by atoms with E-state index in [1.807, 2.05) is 60.8 Å². The summed E-state index contributed by atoms with van der Waals surface area (Å²) in [7, 11) is 3.17. The molecule has 3 aromatic heterocycles. The summed E-state index contributed by atoms with van der Waals surface area (Å²) < 4.78 is 17.0. The third-order valence-electron chi connectivity index (χ3n) is 6.94. The van der Waals surface area contributed by atoms with Crippen LogP contribution in [0.1, 0.15) is 15.9 Å². The Bertz CT molecular complexity index is 1820. The SMILES string of the molecule is COc1ccc2nc(-c3cc4cccc(OC)c4o3)cc(C(=O)NC(CO)Cc3c[nH]c4ccccc34)c2c1. The minimum atomic E-state index is -0.496. The Morgan fingerprint density at radius 2 is 1.90 bits per heavy atom. The molecule has 6 aromatic rings. The van der Waals surface area contributed by atoms with Crippen LogP contribution in [0.15, 0.2) is 83.4 Å². The van der Waals surface area contributed by atoms with E-state index in [1.165, 1.54) is 0 Å². The van der Waals surface area contributed by atoms with Crippen molar-refractivity contribution in [1.82, 2.24) is 15.3 Å². The fourth-order valence-electron chi connectivity index (χ4n) is 4.96. The first-order chi connectivity index (χ1) is 19.1. The topological polar surface area (TPSA) is 110 Å². The number of aromatic amines is 1. The van der Waals surface area contributed by atoms with E-state index in [1.54, 1.807) is 32.4 Å². The van der Waals surface area contributed by atoms with Crippen molar-refractivity contribution in [3.8, 4) is 23.0 Å². The van der Waals surface area contributed by atoms with E-state index in [0.29, 0.717) is 51.4 Å². The van der Waals surface area contributed by atoms with Crippen LogP contribution in [0.4, 0.5) is 0 Å². The molecular weight excluding hydrogens is 494 g/mol. The normalized spacial score (nSPS) is 12.2. The van der Waals surface area contributed by atoms with Crippen molar-refractivity contribution in [3.05, 3.63) is 90.1 Å². The lowest BCUT2D eigenvalue weighted by Crippen LogP contribution is -2.39. The molecule has 3 N–H and O–H groups in total. The molecule has 196 valence electrons. The Balaban J connectivity index is 1.39. The van der Waals surface area contributed by atoms with Gasteiger partial charge in [-0.2, -0.15) is 0 Å². The molecule has 39 heavy (non-hydrogen) atoms. The van der Waals surface area contributed by atoms with Crippen LogP contribution in [0.3, 0.4) is 0 Å². The molecule has 0 fully saturated rings. The van der Waals surface area contributed by atoms with Crippen molar-refractivity contribution in [2.75, 3.05) is 20.8 Å². The van der Waals surface area contributed by atoms with Crippen molar-refractivity contribution in [2.45, 2.75) is 12.5 Å². The van der Waals surface area contributed by atoms with Crippen LogP contribution in [0.25, 0.3) is 44.2 Å². The predicted octanol–water partition coefficient (Wildman–Crippen LogP) is 5.48. The highest BCUT2D eigenvalue weighted by atomic mass is 16.5. The first-order valence-corrected chi connectivity index (χ1v) is 12.6. The van der Waals surface area contributed by atoms with Crippen molar-refractivity contribution < 1.29 is 23.8 Å². The first-order valence-electron chi connectivity index (χ1n) is 12.6. The molecule has 0 saturated heterocycles. The molecule has 0 spiro atoms. The highest BCUT2D eigenvalue weighted by Gasteiger charge is 2.21. The van der Waals surface area contributed by atoms with Crippen LogP contribution in [-0.4, -0.2) is 47.8 Å². The molecule has 0 aliphatic carbocycles. The molecule has 0 bridgehead atoms. The highest BCUT2D eigenvalue weighted by Crippen LogP contribution is 2.34. The predicted molar refractivity (Wildman–Crippen MR) is 150 cm³/mol. The van der Waals surface area contributed by atoms with Crippen molar-refractivity contribution in [1.29, 1.82) is 0 Å². The Hall–Kier alpha value is -4.82. The van der Waals surface area contributed by atoms with Gasteiger partial charge in [0.05, 0.1) is 37.9 Å². The quantitative estimate of drug-likeness (QED) is 0.245. The number of furan rings is 1. The van der Waals surface area contributed by atoms with Gasteiger partial charge in [0.2, 0.25) is 0 Å². The third kappa shape index (κ3) is 4.55. The molecule has 3 heterocycles. The number of ether oxygens (including phenoxy) is 2. The molecule has 1 unspecified atom stereocenters. The minimum absolute atomic E-state index is 0.214. The van der Waals surface area contributed by atoms with E-state index in [-0.39, 0.29) is 12.5 Å². The Morgan fingerprint density at radius 1 is 1.03 bits per heavy atom. The number of methoxy groups -OCH3 is 2. The Kier molecular flexibility index (Phi) is 6.38. The number of H-pyrrole nitrogens is 1. The van der Waals surface area contributed by atoms with Crippen LogP contribution in [0.2, 0.25) is 0 Å². The monoisotopic (exact) mass is 521 g/mol.